The number of hydrogen-bond acceptors (Lipinski definition) is 6. The summed E-state index contributed by atoms with van der Waals surface area (Å²) >= 11 is 3.41. The van der Waals surface area contributed by atoms with Gasteiger partial charge in [-0.25, -0.2) is 0 Å². The molecule has 0 amide bonds. The summed E-state index contributed by atoms with van der Waals surface area (Å²) in [5.41, 5.74) is 2.28. The molecule has 0 saturated carbocycles. The lowest BCUT2D eigenvalue weighted by Gasteiger charge is -2.06. The van der Waals surface area contributed by atoms with E-state index in [9.17, 15) is 0 Å². The van der Waals surface area contributed by atoms with Crippen molar-refractivity contribution in [3.63, 3.8) is 0 Å². The highest BCUT2D eigenvalue weighted by Crippen LogP contribution is 2.17. The number of rotatable bonds is 8. The van der Waals surface area contributed by atoms with Gasteiger partial charge < -0.3 is 17.7 Å². The second-order valence-corrected chi connectivity index (χ2v) is 7.02. The van der Waals surface area contributed by atoms with Crippen LogP contribution in [0, 0.1) is 0 Å². The third-order valence-corrected chi connectivity index (χ3v) is 5.10. The van der Waals surface area contributed by atoms with Gasteiger partial charge in [0, 0.05) is 23.7 Å². The van der Waals surface area contributed by atoms with E-state index in [4.69, 9.17) is 0 Å². The minimum atomic E-state index is 0. The van der Waals surface area contributed by atoms with Crippen molar-refractivity contribution in [3.05, 3.63) is 60.2 Å². The quantitative estimate of drug-likeness (QED) is 0.438. The molecule has 3 aromatic rings. The van der Waals surface area contributed by atoms with Gasteiger partial charge in [-0.1, -0.05) is 42.1 Å². The van der Waals surface area contributed by atoms with E-state index in [-0.39, 0.29) is 12.4 Å². The van der Waals surface area contributed by atoms with Crippen molar-refractivity contribution in [2.45, 2.75) is 16.6 Å². The molecule has 2 aromatic carbocycles. The van der Waals surface area contributed by atoms with Gasteiger partial charge in [0.05, 0.1) is 5.69 Å². The summed E-state index contributed by atoms with van der Waals surface area (Å²) in [6, 6.07) is 18.6. The van der Waals surface area contributed by atoms with Gasteiger partial charge in [-0.3, -0.25) is 0 Å². The average Bonchev–Trinajstić information content (AvgIpc) is 3.11. The number of para-hydroxylation sites is 1. The molecule has 1 N–H and O–H groups in total. The SMILES string of the molecule is CSc1ccc(CNCCSc2nnnn2-c2ccccc2)cc1.[Cl-]. The van der Waals surface area contributed by atoms with Crippen LogP contribution in [-0.2, 0) is 6.54 Å². The van der Waals surface area contributed by atoms with Crippen LogP contribution in [0.1, 0.15) is 5.56 Å². The van der Waals surface area contributed by atoms with E-state index < -0.39 is 0 Å². The van der Waals surface area contributed by atoms with Crippen LogP contribution in [0.15, 0.2) is 64.6 Å². The molecule has 3 rings (SSSR count). The molecule has 0 fully saturated rings. The number of halogens is 1. The molecule has 0 unspecified atom stereocenters. The van der Waals surface area contributed by atoms with Crippen LogP contribution in [0.25, 0.3) is 5.69 Å². The predicted octanol–water partition coefficient (Wildman–Crippen LogP) is 0.270. The Morgan fingerprint density at radius 2 is 1.80 bits per heavy atom. The highest BCUT2D eigenvalue weighted by Gasteiger charge is 2.07. The Kier molecular flexibility index (Phi) is 8.27. The minimum absolute atomic E-state index is 0. The van der Waals surface area contributed by atoms with E-state index in [0.29, 0.717) is 0 Å². The standard InChI is InChI=1S/C17H19N5S2.ClH/c1-23-16-9-7-14(8-10-16)13-18-11-12-24-17-19-20-21-22(17)15-5-3-2-4-6-15;/h2-10,18H,11-13H2,1H3;1H/p-1. The van der Waals surface area contributed by atoms with Crippen LogP contribution in [-0.4, -0.2) is 38.8 Å². The highest BCUT2D eigenvalue weighted by atomic mass is 35.5. The maximum absolute atomic E-state index is 4.10. The number of nitrogens with zero attached hydrogens (tertiary/aromatic N) is 4. The van der Waals surface area contributed by atoms with Gasteiger partial charge in [0.1, 0.15) is 0 Å². The third kappa shape index (κ3) is 5.74. The number of benzene rings is 2. The van der Waals surface area contributed by atoms with Crippen LogP contribution in [0.5, 0.6) is 0 Å². The van der Waals surface area contributed by atoms with Crippen molar-refractivity contribution in [2.24, 2.45) is 0 Å². The first-order valence-electron chi connectivity index (χ1n) is 7.67. The molecule has 8 heteroatoms. The molecule has 1 aromatic heterocycles. The maximum Gasteiger partial charge on any atom is 0.214 e. The molecule has 132 valence electrons. The summed E-state index contributed by atoms with van der Waals surface area (Å²) in [5.74, 6) is 0.913. The Balaban J connectivity index is 0.00000225. The molecule has 0 radical (unpaired) electrons. The summed E-state index contributed by atoms with van der Waals surface area (Å²) < 4.78 is 1.77. The number of hydrogen-bond donors (Lipinski definition) is 1. The van der Waals surface area contributed by atoms with E-state index in [1.165, 1.54) is 10.5 Å². The zero-order valence-electron chi connectivity index (χ0n) is 13.8. The first kappa shape index (κ1) is 19.8. The fourth-order valence-corrected chi connectivity index (χ4v) is 3.39. The summed E-state index contributed by atoms with van der Waals surface area (Å²) in [4.78, 5) is 1.29. The average molecular weight is 393 g/mol. The van der Waals surface area contributed by atoms with Gasteiger partial charge in [0.15, 0.2) is 0 Å². The second kappa shape index (κ2) is 10.5. The molecule has 5 nitrogen and oxygen atoms in total. The summed E-state index contributed by atoms with van der Waals surface area (Å²) in [7, 11) is 0. The number of nitrogens with one attached hydrogen (secondary N) is 1. The van der Waals surface area contributed by atoms with Crippen molar-refractivity contribution < 1.29 is 12.4 Å². The van der Waals surface area contributed by atoms with Crippen LogP contribution in [0.3, 0.4) is 0 Å². The molecule has 0 aliphatic carbocycles. The number of tetrazole rings is 1. The maximum atomic E-state index is 4.10. The van der Waals surface area contributed by atoms with E-state index >= 15 is 0 Å². The van der Waals surface area contributed by atoms with Crippen LogP contribution < -0.4 is 17.7 Å². The Morgan fingerprint density at radius 1 is 1.04 bits per heavy atom. The zero-order chi connectivity index (χ0) is 16.6. The number of thioether (sulfide) groups is 2. The van der Waals surface area contributed by atoms with Crippen molar-refractivity contribution in [1.82, 2.24) is 25.5 Å². The Bertz CT molecular complexity index is 749. The number of aromatic nitrogens is 4. The molecule has 0 bridgehead atoms. The van der Waals surface area contributed by atoms with Crippen LogP contribution >= 0.6 is 23.5 Å². The van der Waals surface area contributed by atoms with Gasteiger partial charge >= 0.3 is 0 Å². The van der Waals surface area contributed by atoms with Crippen molar-refractivity contribution in [2.75, 3.05) is 18.6 Å². The van der Waals surface area contributed by atoms with Gasteiger partial charge in [-0.2, -0.15) is 4.68 Å². The van der Waals surface area contributed by atoms with Crippen molar-refractivity contribution in [1.29, 1.82) is 0 Å². The first-order valence-corrected chi connectivity index (χ1v) is 9.88. The highest BCUT2D eigenvalue weighted by molar-refractivity contribution is 7.99. The molecule has 0 saturated heterocycles. The molecule has 0 spiro atoms. The molecule has 0 aliphatic heterocycles. The summed E-state index contributed by atoms with van der Waals surface area (Å²) in [6.45, 7) is 1.77. The van der Waals surface area contributed by atoms with Crippen LogP contribution in [0.2, 0.25) is 0 Å². The fourth-order valence-electron chi connectivity index (χ4n) is 2.19. The summed E-state index contributed by atoms with van der Waals surface area (Å²) in [6.07, 6.45) is 2.09. The monoisotopic (exact) mass is 392 g/mol. The Labute approximate surface area is 162 Å². The molecular weight excluding hydrogens is 374 g/mol. The lowest BCUT2D eigenvalue weighted by molar-refractivity contribution is -0.00000496. The Morgan fingerprint density at radius 3 is 2.52 bits per heavy atom. The van der Waals surface area contributed by atoms with Crippen molar-refractivity contribution in [3.8, 4) is 5.69 Å². The van der Waals surface area contributed by atoms with Crippen LogP contribution in [0.4, 0.5) is 0 Å². The van der Waals surface area contributed by atoms with E-state index in [0.717, 1.165) is 29.7 Å². The molecule has 0 aliphatic rings. The fraction of sp³-hybridized carbons (Fsp3) is 0.235. The van der Waals surface area contributed by atoms with Gasteiger partial charge in [0.2, 0.25) is 5.16 Å². The lowest BCUT2D eigenvalue weighted by atomic mass is 10.2. The molecular formula is C17H19ClN5S2-. The summed E-state index contributed by atoms with van der Waals surface area (Å²) in [5, 5.41) is 16.2. The predicted molar refractivity (Wildman–Crippen MR) is 99.8 cm³/mol. The second-order valence-electron chi connectivity index (χ2n) is 5.08. The molecule has 0 atom stereocenters. The van der Waals surface area contributed by atoms with E-state index in [2.05, 4.69) is 51.4 Å². The Hall–Kier alpha value is -1.54. The lowest BCUT2D eigenvalue weighted by Crippen LogP contribution is -3.00. The largest absolute Gasteiger partial charge is 1.00 e. The van der Waals surface area contributed by atoms with E-state index in [1.807, 2.05) is 30.3 Å². The first-order chi connectivity index (χ1) is 11.9. The molecule has 25 heavy (non-hydrogen) atoms. The third-order valence-electron chi connectivity index (χ3n) is 3.44. The van der Waals surface area contributed by atoms with Crippen molar-refractivity contribution >= 4 is 23.5 Å². The smallest absolute Gasteiger partial charge is 0.214 e. The zero-order valence-corrected chi connectivity index (χ0v) is 16.2. The van der Waals surface area contributed by atoms with Gasteiger partial charge in [-0.05, 0) is 46.5 Å². The topological polar surface area (TPSA) is 55.6 Å². The molecule has 1 heterocycles. The van der Waals surface area contributed by atoms with Gasteiger partial charge in [0.25, 0.3) is 0 Å². The van der Waals surface area contributed by atoms with Gasteiger partial charge in [-0.15, -0.1) is 16.9 Å². The normalized spacial score (nSPS) is 10.4. The minimum Gasteiger partial charge on any atom is -1.00 e. The van der Waals surface area contributed by atoms with E-state index in [1.54, 1.807) is 28.2 Å².